The lowest BCUT2D eigenvalue weighted by Gasteiger charge is -2.14. The number of benzene rings is 3. The second-order valence-electron chi connectivity index (χ2n) is 6.53. The molecule has 0 bridgehead atoms. The van der Waals surface area contributed by atoms with Crippen molar-refractivity contribution in [3.05, 3.63) is 86.4 Å². The van der Waals surface area contributed by atoms with Crippen LogP contribution in [0.25, 0.3) is 0 Å². The molecule has 0 aliphatic heterocycles. The van der Waals surface area contributed by atoms with Crippen LogP contribution < -0.4 is 14.8 Å². The zero-order chi connectivity index (χ0) is 21.7. The second-order valence-corrected chi connectivity index (χ2v) is 7.78. The van der Waals surface area contributed by atoms with Crippen molar-refractivity contribution in [1.29, 1.82) is 0 Å². The summed E-state index contributed by atoms with van der Waals surface area (Å²) in [5.41, 5.74) is 2.61. The summed E-state index contributed by atoms with van der Waals surface area (Å²) in [6.45, 7) is 4.54. The summed E-state index contributed by atoms with van der Waals surface area (Å²) >= 11 is 18.1. The van der Waals surface area contributed by atoms with Gasteiger partial charge in [-0.05, 0) is 74.0 Å². The number of anilines is 1. The molecule has 0 saturated carbocycles. The SMILES string of the molecule is CCOc1ccc(C(=O)Nc2ccc(Cl)cc2Cl)cc1COc1ccc(Cl)c(C)c1. The van der Waals surface area contributed by atoms with Gasteiger partial charge in [0.25, 0.3) is 5.91 Å². The largest absolute Gasteiger partial charge is 0.493 e. The van der Waals surface area contributed by atoms with Crippen molar-refractivity contribution < 1.29 is 14.3 Å². The van der Waals surface area contributed by atoms with Crippen LogP contribution >= 0.6 is 34.8 Å². The molecule has 7 heteroatoms. The molecule has 30 heavy (non-hydrogen) atoms. The molecule has 1 amide bonds. The minimum absolute atomic E-state index is 0.235. The highest BCUT2D eigenvalue weighted by Crippen LogP contribution is 2.28. The molecule has 0 aliphatic carbocycles. The summed E-state index contributed by atoms with van der Waals surface area (Å²) in [6, 6.07) is 15.5. The quantitative estimate of drug-likeness (QED) is 0.402. The second kappa shape index (κ2) is 10.1. The van der Waals surface area contributed by atoms with Crippen molar-refractivity contribution in [2.75, 3.05) is 11.9 Å². The fourth-order valence-corrected chi connectivity index (χ4v) is 3.36. The number of hydrogen-bond acceptors (Lipinski definition) is 3. The molecular weight excluding hydrogens is 445 g/mol. The Balaban J connectivity index is 1.80. The molecule has 0 spiro atoms. The average molecular weight is 465 g/mol. The normalized spacial score (nSPS) is 10.6. The van der Waals surface area contributed by atoms with Crippen molar-refractivity contribution in [3.8, 4) is 11.5 Å². The van der Waals surface area contributed by atoms with E-state index in [0.717, 1.165) is 11.1 Å². The molecule has 3 aromatic carbocycles. The molecule has 0 unspecified atom stereocenters. The van der Waals surface area contributed by atoms with Crippen LogP contribution in [0.4, 0.5) is 5.69 Å². The predicted octanol–water partition coefficient (Wildman–Crippen LogP) is 7.19. The van der Waals surface area contributed by atoms with Gasteiger partial charge >= 0.3 is 0 Å². The van der Waals surface area contributed by atoms with Gasteiger partial charge in [-0.15, -0.1) is 0 Å². The molecule has 4 nitrogen and oxygen atoms in total. The van der Waals surface area contributed by atoms with Crippen LogP contribution in [0.15, 0.2) is 54.6 Å². The number of amides is 1. The van der Waals surface area contributed by atoms with Gasteiger partial charge in [0, 0.05) is 21.2 Å². The molecule has 0 fully saturated rings. The Morgan fingerprint density at radius 2 is 1.73 bits per heavy atom. The van der Waals surface area contributed by atoms with Crippen LogP contribution in [0.1, 0.15) is 28.4 Å². The Bertz CT molecular complexity index is 1070. The van der Waals surface area contributed by atoms with E-state index in [1.54, 1.807) is 48.5 Å². The maximum Gasteiger partial charge on any atom is 0.255 e. The van der Waals surface area contributed by atoms with E-state index in [1.807, 2.05) is 19.9 Å². The van der Waals surface area contributed by atoms with E-state index < -0.39 is 0 Å². The van der Waals surface area contributed by atoms with Crippen LogP contribution in [0.2, 0.25) is 15.1 Å². The van der Waals surface area contributed by atoms with Crippen molar-refractivity contribution in [3.63, 3.8) is 0 Å². The number of halogens is 3. The van der Waals surface area contributed by atoms with Gasteiger partial charge in [0.05, 0.1) is 17.3 Å². The van der Waals surface area contributed by atoms with Crippen LogP contribution in [-0.2, 0) is 6.61 Å². The smallest absolute Gasteiger partial charge is 0.255 e. The first kappa shape index (κ1) is 22.3. The Morgan fingerprint density at radius 1 is 0.933 bits per heavy atom. The fraction of sp³-hybridized carbons (Fsp3) is 0.174. The van der Waals surface area contributed by atoms with Crippen molar-refractivity contribution >= 4 is 46.4 Å². The van der Waals surface area contributed by atoms with Crippen LogP contribution in [0, 0.1) is 6.92 Å². The molecule has 0 saturated heterocycles. The van der Waals surface area contributed by atoms with Crippen LogP contribution in [0.5, 0.6) is 11.5 Å². The molecule has 156 valence electrons. The maximum absolute atomic E-state index is 12.7. The lowest BCUT2D eigenvalue weighted by atomic mass is 10.1. The molecular formula is C23H20Cl3NO3. The zero-order valence-electron chi connectivity index (χ0n) is 16.5. The van der Waals surface area contributed by atoms with Gasteiger partial charge in [0.15, 0.2) is 0 Å². The third kappa shape index (κ3) is 5.60. The first-order valence-electron chi connectivity index (χ1n) is 9.28. The highest BCUT2D eigenvalue weighted by Gasteiger charge is 2.13. The number of carbonyl (C=O) groups excluding carboxylic acids is 1. The molecule has 0 atom stereocenters. The number of aryl methyl sites for hydroxylation is 1. The van der Waals surface area contributed by atoms with E-state index in [0.29, 0.717) is 44.4 Å². The van der Waals surface area contributed by atoms with E-state index in [4.69, 9.17) is 44.3 Å². The van der Waals surface area contributed by atoms with E-state index in [2.05, 4.69) is 5.32 Å². The fourth-order valence-electron chi connectivity index (χ4n) is 2.78. The van der Waals surface area contributed by atoms with E-state index in [9.17, 15) is 4.79 Å². The van der Waals surface area contributed by atoms with Crippen molar-refractivity contribution in [1.82, 2.24) is 0 Å². The molecule has 0 radical (unpaired) electrons. The van der Waals surface area contributed by atoms with Gasteiger partial charge in [-0.3, -0.25) is 4.79 Å². The lowest BCUT2D eigenvalue weighted by molar-refractivity contribution is 0.102. The summed E-state index contributed by atoms with van der Waals surface area (Å²) in [5, 5.41) is 4.33. The molecule has 0 heterocycles. The molecule has 0 aromatic heterocycles. The minimum atomic E-state index is -0.300. The van der Waals surface area contributed by atoms with Gasteiger partial charge in [-0.2, -0.15) is 0 Å². The van der Waals surface area contributed by atoms with Crippen molar-refractivity contribution in [2.45, 2.75) is 20.5 Å². The number of nitrogens with one attached hydrogen (secondary N) is 1. The first-order chi connectivity index (χ1) is 14.4. The van der Waals surface area contributed by atoms with Crippen LogP contribution in [0.3, 0.4) is 0 Å². The van der Waals surface area contributed by atoms with E-state index in [-0.39, 0.29) is 12.5 Å². The Hall–Kier alpha value is -2.40. The number of hydrogen-bond donors (Lipinski definition) is 1. The molecule has 3 rings (SSSR count). The Kier molecular flexibility index (Phi) is 7.48. The topological polar surface area (TPSA) is 47.6 Å². The maximum atomic E-state index is 12.7. The Labute approximate surface area is 190 Å². The summed E-state index contributed by atoms with van der Waals surface area (Å²) in [7, 11) is 0. The summed E-state index contributed by atoms with van der Waals surface area (Å²) < 4.78 is 11.6. The van der Waals surface area contributed by atoms with E-state index in [1.165, 1.54) is 0 Å². The van der Waals surface area contributed by atoms with Gasteiger partial charge < -0.3 is 14.8 Å². The molecule has 0 aliphatic rings. The molecule has 3 aromatic rings. The third-order valence-corrected chi connectivity index (χ3v) is 5.30. The van der Waals surface area contributed by atoms with Gasteiger partial charge in [-0.1, -0.05) is 34.8 Å². The average Bonchev–Trinajstić information content (AvgIpc) is 2.72. The summed E-state index contributed by atoms with van der Waals surface area (Å²) in [5.74, 6) is 1.04. The standard InChI is InChI=1S/C23H20Cl3NO3/c1-3-29-22-9-4-15(23(28)27-21-8-5-17(24)12-20(21)26)11-16(22)13-30-18-6-7-19(25)14(2)10-18/h4-12H,3,13H2,1-2H3,(H,27,28). The summed E-state index contributed by atoms with van der Waals surface area (Å²) in [6.07, 6.45) is 0. The number of rotatable bonds is 7. The zero-order valence-corrected chi connectivity index (χ0v) is 18.7. The predicted molar refractivity (Wildman–Crippen MR) is 123 cm³/mol. The Morgan fingerprint density at radius 3 is 2.43 bits per heavy atom. The summed E-state index contributed by atoms with van der Waals surface area (Å²) in [4.78, 5) is 12.7. The minimum Gasteiger partial charge on any atom is -0.493 e. The first-order valence-corrected chi connectivity index (χ1v) is 10.4. The van der Waals surface area contributed by atoms with Gasteiger partial charge in [0.1, 0.15) is 18.1 Å². The molecule has 1 N–H and O–H groups in total. The van der Waals surface area contributed by atoms with E-state index >= 15 is 0 Å². The van der Waals surface area contributed by atoms with Crippen molar-refractivity contribution in [2.24, 2.45) is 0 Å². The number of ether oxygens (including phenoxy) is 2. The lowest BCUT2D eigenvalue weighted by Crippen LogP contribution is -2.13. The third-order valence-electron chi connectivity index (χ3n) is 4.33. The number of carbonyl (C=O) groups is 1. The van der Waals surface area contributed by atoms with Gasteiger partial charge in [0.2, 0.25) is 0 Å². The van der Waals surface area contributed by atoms with Crippen LogP contribution in [-0.4, -0.2) is 12.5 Å². The highest BCUT2D eigenvalue weighted by atomic mass is 35.5. The highest BCUT2D eigenvalue weighted by molar-refractivity contribution is 6.36. The van der Waals surface area contributed by atoms with Gasteiger partial charge in [-0.25, -0.2) is 0 Å². The monoisotopic (exact) mass is 463 g/mol.